The van der Waals surface area contributed by atoms with Crippen LogP contribution >= 0.6 is 0 Å². The van der Waals surface area contributed by atoms with Crippen molar-refractivity contribution in [1.29, 1.82) is 0 Å². The first-order valence-electron chi connectivity index (χ1n) is 4.38. The van der Waals surface area contributed by atoms with Crippen LogP contribution in [0.5, 0.6) is 0 Å². The van der Waals surface area contributed by atoms with Crippen molar-refractivity contribution in [3.05, 3.63) is 30.1 Å². The highest BCUT2D eigenvalue weighted by Gasteiger charge is 1.97. The molecule has 0 aliphatic carbocycles. The molecule has 0 spiro atoms. The molecule has 70 valence electrons. The molecule has 0 aliphatic heterocycles. The Morgan fingerprint density at radius 1 is 1.62 bits per heavy atom. The van der Waals surface area contributed by atoms with Crippen molar-refractivity contribution in [3.8, 4) is 0 Å². The van der Waals surface area contributed by atoms with Crippen LogP contribution in [0.25, 0.3) is 0 Å². The molecule has 0 bridgehead atoms. The minimum absolute atomic E-state index is 0.110. The topological polar surface area (TPSA) is 51.3 Å². The van der Waals surface area contributed by atoms with Crippen molar-refractivity contribution < 1.29 is 0 Å². The lowest BCUT2D eigenvalue weighted by Crippen LogP contribution is -2.19. The van der Waals surface area contributed by atoms with Crippen LogP contribution in [0.1, 0.15) is 19.5 Å². The molecule has 0 radical (unpaired) electrons. The summed E-state index contributed by atoms with van der Waals surface area (Å²) < 4.78 is 0. The van der Waals surface area contributed by atoms with E-state index in [2.05, 4.69) is 9.98 Å². The first kappa shape index (κ1) is 9.86. The van der Waals surface area contributed by atoms with Gasteiger partial charge in [-0.1, -0.05) is 6.07 Å². The van der Waals surface area contributed by atoms with Crippen LogP contribution in [-0.2, 0) is 0 Å². The van der Waals surface area contributed by atoms with Gasteiger partial charge in [0.1, 0.15) is 0 Å². The van der Waals surface area contributed by atoms with Crippen LogP contribution in [0.15, 0.2) is 29.4 Å². The second-order valence-corrected chi connectivity index (χ2v) is 3.12. The highest BCUT2D eigenvalue weighted by atomic mass is 14.8. The molecule has 3 heteroatoms. The minimum atomic E-state index is 0.110. The van der Waals surface area contributed by atoms with Crippen LogP contribution in [0, 0.1) is 0 Å². The zero-order valence-corrected chi connectivity index (χ0v) is 8.07. The molecule has 2 N–H and O–H groups in total. The van der Waals surface area contributed by atoms with E-state index in [9.17, 15) is 0 Å². The monoisotopic (exact) mass is 177 g/mol. The first-order valence-corrected chi connectivity index (χ1v) is 4.38. The fourth-order valence-corrected chi connectivity index (χ4v) is 0.939. The lowest BCUT2D eigenvalue weighted by molar-refractivity contribution is 0.753. The molecule has 0 saturated heterocycles. The van der Waals surface area contributed by atoms with E-state index in [4.69, 9.17) is 5.73 Å². The van der Waals surface area contributed by atoms with E-state index >= 15 is 0 Å². The molecule has 1 aromatic heterocycles. The molecule has 0 aromatic carbocycles. The van der Waals surface area contributed by atoms with Crippen LogP contribution in [0.3, 0.4) is 0 Å². The molecule has 1 aromatic rings. The summed E-state index contributed by atoms with van der Waals surface area (Å²) >= 11 is 0. The summed E-state index contributed by atoms with van der Waals surface area (Å²) in [6.45, 7) is 4.54. The molecule has 13 heavy (non-hydrogen) atoms. The average Bonchev–Trinajstić information content (AvgIpc) is 2.15. The third-order valence-corrected chi connectivity index (χ3v) is 1.65. The summed E-state index contributed by atoms with van der Waals surface area (Å²) in [5.74, 6) is 0. The zero-order valence-electron chi connectivity index (χ0n) is 8.07. The maximum absolute atomic E-state index is 5.59. The van der Waals surface area contributed by atoms with Crippen LogP contribution in [-0.4, -0.2) is 23.3 Å². The second-order valence-electron chi connectivity index (χ2n) is 3.12. The number of nitrogens with zero attached hydrogens (tertiary/aromatic N) is 2. The average molecular weight is 177 g/mol. The number of aliphatic imine (C=N–C) groups is 1. The molecule has 1 atom stereocenters. The third-order valence-electron chi connectivity index (χ3n) is 1.65. The Labute approximate surface area is 78.7 Å². The Morgan fingerprint density at radius 2 is 2.38 bits per heavy atom. The maximum atomic E-state index is 5.59. The minimum Gasteiger partial charge on any atom is -0.326 e. The Kier molecular flexibility index (Phi) is 3.58. The van der Waals surface area contributed by atoms with Gasteiger partial charge in [0, 0.05) is 12.2 Å². The van der Waals surface area contributed by atoms with Gasteiger partial charge in [0.05, 0.1) is 18.0 Å². The van der Waals surface area contributed by atoms with E-state index in [1.807, 2.05) is 32.0 Å². The molecule has 3 nitrogen and oxygen atoms in total. The van der Waals surface area contributed by atoms with Gasteiger partial charge in [-0.2, -0.15) is 0 Å². The van der Waals surface area contributed by atoms with E-state index in [0.29, 0.717) is 6.54 Å². The second kappa shape index (κ2) is 4.72. The Hall–Kier alpha value is -1.22. The van der Waals surface area contributed by atoms with E-state index in [1.165, 1.54) is 0 Å². The zero-order chi connectivity index (χ0) is 9.68. The van der Waals surface area contributed by atoms with Gasteiger partial charge in [-0.25, -0.2) is 0 Å². The normalized spacial score (nSPS) is 14.2. The number of hydrogen-bond donors (Lipinski definition) is 1. The number of rotatable bonds is 3. The standard InChI is InChI=1S/C10H15N3/c1-8(11)7-13-9(2)10-5-3-4-6-12-10/h3-6,8H,7,11H2,1-2H3. The molecule has 1 heterocycles. The molecule has 1 unspecified atom stereocenters. The summed E-state index contributed by atoms with van der Waals surface area (Å²) in [5, 5.41) is 0. The summed E-state index contributed by atoms with van der Waals surface area (Å²) in [4.78, 5) is 8.51. The Bertz CT molecular complexity index is 277. The molecule has 0 aliphatic rings. The van der Waals surface area contributed by atoms with Gasteiger partial charge in [0.25, 0.3) is 0 Å². The van der Waals surface area contributed by atoms with Crippen molar-refractivity contribution in [2.75, 3.05) is 6.54 Å². The molecule has 0 saturated carbocycles. The van der Waals surface area contributed by atoms with Gasteiger partial charge in [-0.15, -0.1) is 0 Å². The fraction of sp³-hybridized carbons (Fsp3) is 0.400. The summed E-state index contributed by atoms with van der Waals surface area (Å²) in [7, 11) is 0. The summed E-state index contributed by atoms with van der Waals surface area (Å²) in [5.41, 5.74) is 7.45. The van der Waals surface area contributed by atoms with Crippen LogP contribution in [0.4, 0.5) is 0 Å². The predicted octanol–water partition coefficient (Wildman–Crippen LogP) is 1.24. The van der Waals surface area contributed by atoms with Crippen molar-refractivity contribution in [2.24, 2.45) is 10.7 Å². The lowest BCUT2D eigenvalue weighted by atomic mass is 10.2. The number of hydrogen-bond acceptors (Lipinski definition) is 3. The quantitative estimate of drug-likeness (QED) is 0.706. The number of pyridine rings is 1. The van der Waals surface area contributed by atoms with Gasteiger partial charge >= 0.3 is 0 Å². The van der Waals surface area contributed by atoms with E-state index in [1.54, 1.807) is 6.20 Å². The maximum Gasteiger partial charge on any atom is 0.0837 e. The van der Waals surface area contributed by atoms with Crippen molar-refractivity contribution in [2.45, 2.75) is 19.9 Å². The van der Waals surface area contributed by atoms with Gasteiger partial charge in [-0.05, 0) is 26.0 Å². The smallest absolute Gasteiger partial charge is 0.0837 e. The van der Waals surface area contributed by atoms with E-state index in [0.717, 1.165) is 11.4 Å². The fourth-order valence-electron chi connectivity index (χ4n) is 0.939. The molecular formula is C10H15N3. The summed E-state index contributed by atoms with van der Waals surface area (Å²) in [6, 6.07) is 5.90. The van der Waals surface area contributed by atoms with Gasteiger partial charge < -0.3 is 5.73 Å². The Morgan fingerprint density at radius 3 is 2.92 bits per heavy atom. The van der Waals surface area contributed by atoms with E-state index in [-0.39, 0.29) is 6.04 Å². The van der Waals surface area contributed by atoms with Crippen molar-refractivity contribution in [1.82, 2.24) is 4.98 Å². The highest BCUT2D eigenvalue weighted by Crippen LogP contribution is 1.96. The molecule has 1 rings (SSSR count). The van der Waals surface area contributed by atoms with Crippen molar-refractivity contribution in [3.63, 3.8) is 0 Å². The Balaban J connectivity index is 2.68. The molecular weight excluding hydrogens is 162 g/mol. The first-order chi connectivity index (χ1) is 6.20. The van der Waals surface area contributed by atoms with Crippen LogP contribution < -0.4 is 5.73 Å². The molecule has 0 fully saturated rings. The van der Waals surface area contributed by atoms with Crippen molar-refractivity contribution >= 4 is 5.71 Å². The molecule has 0 amide bonds. The highest BCUT2D eigenvalue weighted by molar-refractivity contribution is 5.96. The number of aromatic nitrogens is 1. The van der Waals surface area contributed by atoms with E-state index < -0.39 is 0 Å². The largest absolute Gasteiger partial charge is 0.326 e. The van der Waals surface area contributed by atoms with Gasteiger partial charge in [0.2, 0.25) is 0 Å². The summed E-state index contributed by atoms with van der Waals surface area (Å²) in [6.07, 6.45) is 1.76. The number of nitrogens with two attached hydrogens (primary N) is 1. The van der Waals surface area contributed by atoms with Gasteiger partial charge in [0.15, 0.2) is 0 Å². The predicted molar refractivity (Wildman–Crippen MR) is 55.0 cm³/mol. The lowest BCUT2D eigenvalue weighted by Gasteiger charge is -2.02. The van der Waals surface area contributed by atoms with Crippen LogP contribution in [0.2, 0.25) is 0 Å². The van der Waals surface area contributed by atoms with Gasteiger partial charge in [-0.3, -0.25) is 9.98 Å². The third kappa shape index (κ3) is 3.34. The SMILES string of the molecule is CC(=NCC(C)N)c1ccccn1.